The first-order valence-corrected chi connectivity index (χ1v) is 8.06. The fraction of sp³-hybridized carbons (Fsp3) is 0.647. The Morgan fingerprint density at radius 2 is 1.95 bits per heavy atom. The van der Waals surface area contributed by atoms with Crippen molar-refractivity contribution >= 4 is 0 Å². The van der Waals surface area contributed by atoms with Gasteiger partial charge in [-0.05, 0) is 44.3 Å². The predicted molar refractivity (Wildman–Crippen MR) is 86.3 cm³/mol. The highest BCUT2D eigenvalue weighted by atomic mass is 16.6. The highest BCUT2D eigenvalue weighted by molar-refractivity contribution is 5.44. The fourth-order valence-electron chi connectivity index (χ4n) is 2.64. The molecule has 2 rings (SSSR count). The van der Waals surface area contributed by atoms with Crippen LogP contribution in [0.4, 0.5) is 0 Å². The van der Waals surface area contributed by atoms with Crippen LogP contribution in [-0.4, -0.2) is 44.8 Å². The second-order valence-electron chi connectivity index (χ2n) is 5.63. The summed E-state index contributed by atoms with van der Waals surface area (Å²) in [6.45, 7) is 8.77. The third-order valence-electron chi connectivity index (χ3n) is 3.81. The molecule has 0 spiro atoms. The number of nitrogens with one attached hydrogen (secondary N) is 1. The molecule has 21 heavy (non-hydrogen) atoms. The molecule has 1 aromatic rings. The molecule has 1 aliphatic heterocycles. The molecule has 0 saturated carbocycles. The lowest BCUT2D eigenvalue weighted by Gasteiger charge is -2.26. The summed E-state index contributed by atoms with van der Waals surface area (Å²) in [6.07, 6.45) is 2.48. The van der Waals surface area contributed by atoms with Crippen LogP contribution in [0, 0.1) is 0 Å². The topological polar surface area (TPSA) is 33.7 Å². The van der Waals surface area contributed by atoms with Gasteiger partial charge in [0.2, 0.25) is 0 Å². The maximum Gasteiger partial charge on any atom is 0.161 e. The number of fused-ring (bicyclic) bond motifs is 1. The molecule has 118 valence electrons. The molecule has 0 fully saturated rings. The van der Waals surface area contributed by atoms with Gasteiger partial charge in [0.15, 0.2) is 11.5 Å². The van der Waals surface area contributed by atoms with Crippen LogP contribution < -0.4 is 14.8 Å². The van der Waals surface area contributed by atoms with Gasteiger partial charge in [0.05, 0.1) is 0 Å². The number of hydrogen-bond acceptors (Lipinski definition) is 4. The van der Waals surface area contributed by atoms with Crippen molar-refractivity contribution in [3.05, 3.63) is 23.8 Å². The van der Waals surface area contributed by atoms with Gasteiger partial charge in [0, 0.05) is 12.6 Å². The van der Waals surface area contributed by atoms with Crippen molar-refractivity contribution in [1.82, 2.24) is 10.2 Å². The van der Waals surface area contributed by atoms with E-state index in [1.165, 1.54) is 18.4 Å². The van der Waals surface area contributed by atoms with E-state index < -0.39 is 0 Å². The second kappa shape index (κ2) is 8.25. The van der Waals surface area contributed by atoms with Crippen LogP contribution in [0.2, 0.25) is 0 Å². The van der Waals surface area contributed by atoms with Gasteiger partial charge in [0.1, 0.15) is 13.2 Å². The Morgan fingerprint density at radius 3 is 2.67 bits per heavy atom. The molecule has 0 aromatic heterocycles. The molecule has 0 amide bonds. The molecule has 0 bridgehead atoms. The Labute approximate surface area is 128 Å². The van der Waals surface area contributed by atoms with Crippen molar-refractivity contribution in [2.75, 3.05) is 39.9 Å². The number of unbranched alkanes of at least 4 members (excludes halogenated alkanes) is 1. The SMILES string of the molecule is CCCCN(C)CC(NCC)c1ccc2c(c1)OCCO2. The Balaban J connectivity index is 2.06. The number of benzene rings is 1. The molecule has 4 heteroatoms. The molecule has 0 aliphatic carbocycles. The van der Waals surface area contributed by atoms with Crippen LogP contribution >= 0.6 is 0 Å². The molecular weight excluding hydrogens is 264 g/mol. The molecule has 1 N–H and O–H groups in total. The van der Waals surface area contributed by atoms with Crippen LogP contribution in [0.15, 0.2) is 18.2 Å². The maximum absolute atomic E-state index is 5.70. The van der Waals surface area contributed by atoms with Gasteiger partial charge < -0.3 is 19.7 Å². The first-order valence-electron chi connectivity index (χ1n) is 8.06. The van der Waals surface area contributed by atoms with Crippen molar-refractivity contribution in [2.24, 2.45) is 0 Å². The summed E-state index contributed by atoms with van der Waals surface area (Å²) in [5, 5.41) is 3.58. The quantitative estimate of drug-likeness (QED) is 0.799. The number of ether oxygens (including phenoxy) is 2. The van der Waals surface area contributed by atoms with Gasteiger partial charge in [-0.25, -0.2) is 0 Å². The van der Waals surface area contributed by atoms with Crippen LogP contribution in [-0.2, 0) is 0 Å². The minimum atomic E-state index is 0.327. The number of rotatable bonds is 8. The van der Waals surface area contributed by atoms with Crippen molar-refractivity contribution in [3.8, 4) is 11.5 Å². The summed E-state index contributed by atoms with van der Waals surface area (Å²) in [6, 6.07) is 6.62. The Morgan fingerprint density at radius 1 is 1.19 bits per heavy atom. The monoisotopic (exact) mass is 292 g/mol. The average Bonchev–Trinajstić information content (AvgIpc) is 2.52. The summed E-state index contributed by atoms with van der Waals surface area (Å²) in [5.74, 6) is 1.73. The molecule has 4 nitrogen and oxygen atoms in total. The van der Waals surface area contributed by atoms with E-state index in [2.05, 4.69) is 43.2 Å². The van der Waals surface area contributed by atoms with Crippen LogP contribution in [0.25, 0.3) is 0 Å². The van der Waals surface area contributed by atoms with Gasteiger partial charge >= 0.3 is 0 Å². The zero-order valence-corrected chi connectivity index (χ0v) is 13.5. The first kappa shape index (κ1) is 16.1. The molecule has 1 heterocycles. The molecule has 1 atom stereocenters. The van der Waals surface area contributed by atoms with E-state index in [1.807, 2.05) is 6.07 Å². The van der Waals surface area contributed by atoms with E-state index in [9.17, 15) is 0 Å². The van der Waals surface area contributed by atoms with E-state index in [-0.39, 0.29) is 0 Å². The molecule has 0 saturated heterocycles. The lowest BCUT2D eigenvalue weighted by Crippen LogP contribution is -2.33. The summed E-state index contributed by atoms with van der Waals surface area (Å²) in [4.78, 5) is 2.40. The van der Waals surface area contributed by atoms with Crippen LogP contribution in [0.3, 0.4) is 0 Å². The van der Waals surface area contributed by atoms with Gasteiger partial charge in [-0.1, -0.05) is 26.3 Å². The minimum Gasteiger partial charge on any atom is -0.486 e. The Kier molecular flexibility index (Phi) is 6.33. The largest absolute Gasteiger partial charge is 0.486 e. The van der Waals surface area contributed by atoms with Crippen LogP contribution in [0.5, 0.6) is 11.5 Å². The van der Waals surface area contributed by atoms with Crippen molar-refractivity contribution in [1.29, 1.82) is 0 Å². The van der Waals surface area contributed by atoms with Crippen molar-refractivity contribution in [2.45, 2.75) is 32.7 Å². The van der Waals surface area contributed by atoms with E-state index >= 15 is 0 Å². The number of likely N-dealkylation sites (N-methyl/N-ethyl adjacent to an activating group) is 2. The standard InChI is InChI=1S/C17H28N2O2/c1-4-6-9-19(3)13-15(18-5-2)14-7-8-16-17(12-14)21-11-10-20-16/h7-8,12,15,18H,4-6,9-11,13H2,1-3H3. The summed E-state index contributed by atoms with van der Waals surface area (Å²) in [7, 11) is 2.19. The third-order valence-corrected chi connectivity index (χ3v) is 3.81. The lowest BCUT2D eigenvalue weighted by atomic mass is 10.0. The van der Waals surface area contributed by atoms with Gasteiger partial charge in [-0.3, -0.25) is 0 Å². The summed E-state index contributed by atoms with van der Waals surface area (Å²) < 4.78 is 11.3. The van der Waals surface area contributed by atoms with E-state index in [1.54, 1.807) is 0 Å². The third kappa shape index (κ3) is 4.61. The molecule has 1 aliphatic rings. The van der Waals surface area contributed by atoms with E-state index in [4.69, 9.17) is 9.47 Å². The molecule has 1 unspecified atom stereocenters. The van der Waals surface area contributed by atoms with Gasteiger partial charge in [-0.2, -0.15) is 0 Å². The summed E-state index contributed by atoms with van der Waals surface area (Å²) >= 11 is 0. The van der Waals surface area contributed by atoms with E-state index in [0.717, 1.165) is 31.1 Å². The molecular formula is C17H28N2O2. The van der Waals surface area contributed by atoms with E-state index in [0.29, 0.717) is 19.3 Å². The average molecular weight is 292 g/mol. The van der Waals surface area contributed by atoms with Crippen LogP contribution in [0.1, 0.15) is 38.3 Å². The molecule has 0 radical (unpaired) electrons. The Hall–Kier alpha value is -1.26. The highest BCUT2D eigenvalue weighted by Gasteiger charge is 2.17. The first-order chi connectivity index (χ1) is 10.2. The fourth-order valence-corrected chi connectivity index (χ4v) is 2.64. The summed E-state index contributed by atoms with van der Waals surface area (Å²) in [5.41, 5.74) is 1.27. The van der Waals surface area contributed by atoms with Gasteiger partial charge in [-0.15, -0.1) is 0 Å². The van der Waals surface area contributed by atoms with Gasteiger partial charge in [0.25, 0.3) is 0 Å². The maximum atomic E-state index is 5.70. The smallest absolute Gasteiger partial charge is 0.161 e. The number of hydrogen-bond donors (Lipinski definition) is 1. The Bertz CT molecular complexity index is 437. The van der Waals surface area contributed by atoms with Crippen molar-refractivity contribution < 1.29 is 9.47 Å². The van der Waals surface area contributed by atoms with Crippen molar-refractivity contribution in [3.63, 3.8) is 0 Å². The highest BCUT2D eigenvalue weighted by Crippen LogP contribution is 2.32. The zero-order valence-electron chi connectivity index (χ0n) is 13.5. The zero-order chi connectivity index (χ0) is 15.1. The minimum absolute atomic E-state index is 0.327. The molecule has 1 aromatic carbocycles. The normalized spacial score (nSPS) is 15.2. The second-order valence-corrected chi connectivity index (χ2v) is 5.63. The lowest BCUT2D eigenvalue weighted by molar-refractivity contribution is 0.171. The number of nitrogens with zero attached hydrogens (tertiary/aromatic N) is 1. The predicted octanol–water partition coefficient (Wildman–Crippen LogP) is 2.84.